The molecule has 2 unspecified atom stereocenters. The van der Waals surface area contributed by atoms with Crippen molar-refractivity contribution in [2.24, 2.45) is 5.92 Å². The van der Waals surface area contributed by atoms with E-state index >= 15 is 0 Å². The van der Waals surface area contributed by atoms with Gasteiger partial charge in [-0.1, -0.05) is 6.92 Å². The van der Waals surface area contributed by atoms with Crippen LogP contribution in [0.2, 0.25) is 0 Å². The van der Waals surface area contributed by atoms with E-state index in [2.05, 4.69) is 26.1 Å². The van der Waals surface area contributed by atoms with E-state index in [1.54, 1.807) is 7.11 Å². The first kappa shape index (κ1) is 9.01. The van der Waals surface area contributed by atoms with Gasteiger partial charge in [-0.05, 0) is 26.2 Å². The Labute approximate surface area is 69.3 Å². The van der Waals surface area contributed by atoms with E-state index in [4.69, 9.17) is 4.74 Å². The van der Waals surface area contributed by atoms with Crippen LogP contribution < -0.4 is 5.32 Å². The Kier molecular flexibility index (Phi) is 2.55. The third-order valence-corrected chi connectivity index (χ3v) is 2.45. The van der Waals surface area contributed by atoms with Crippen molar-refractivity contribution >= 4 is 0 Å². The summed E-state index contributed by atoms with van der Waals surface area (Å²) in [5.41, 5.74) is -0.0116. The van der Waals surface area contributed by atoms with Crippen molar-refractivity contribution in [1.29, 1.82) is 0 Å². The smallest absolute Gasteiger partial charge is 0.0746 e. The maximum absolute atomic E-state index is 5.29. The van der Waals surface area contributed by atoms with Gasteiger partial charge in [-0.25, -0.2) is 0 Å². The van der Waals surface area contributed by atoms with E-state index < -0.39 is 0 Å². The van der Waals surface area contributed by atoms with Gasteiger partial charge in [-0.15, -0.1) is 0 Å². The van der Waals surface area contributed by atoms with E-state index in [-0.39, 0.29) is 5.60 Å². The number of methoxy groups -OCH3 is 1. The summed E-state index contributed by atoms with van der Waals surface area (Å²) in [7, 11) is 1.76. The number of nitrogens with one attached hydrogen (secondary N) is 1. The van der Waals surface area contributed by atoms with Gasteiger partial charge in [0.25, 0.3) is 0 Å². The zero-order valence-corrected chi connectivity index (χ0v) is 7.98. The molecule has 1 fully saturated rings. The van der Waals surface area contributed by atoms with E-state index in [1.807, 2.05) is 0 Å². The van der Waals surface area contributed by atoms with Gasteiger partial charge in [0, 0.05) is 19.7 Å². The fourth-order valence-corrected chi connectivity index (χ4v) is 1.06. The molecule has 0 bridgehead atoms. The largest absolute Gasteiger partial charge is 0.377 e. The van der Waals surface area contributed by atoms with E-state index in [0.717, 1.165) is 18.5 Å². The third-order valence-electron chi connectivity index (χ3n) is 2.45. The Hall–Kier alpha value is -0.0800. The summed E-state index contributed by atoms with van der Waals surface area (Å²) in [4.78, 5) is 0. The average molecular weight is 157 g/mol. The van der Waals surface area contributed by atoms with E-state index in [1.165, 1.54) is 6.42 Å². The highest BCUT2D eigenvalue weighted by Gasteiger charge is 2.33. The molecule has 0 spiro atoms. The topological polar surface area (TPSA) is 21.3 Å². The molecular formula is C9H19NO. The fourth-order valence-electron chi connectivity index (χ4n) is 1.06. The number of hydrogen-bond acceptors (Lipinski definition) is 2. The highest BCUT2D eigenvalue weighted by atomic mass is 16.5. The Bertz CT molecular complexity index is 134. The summed E-state index contributed by atoms with van der Waals surface area (Å²) in [6, 6.07) is 0.754. The van der Waals surface area contributed by atoms with Crippen LogP contribution in [0.1, 0.15) is 27.2 Å². The highest BCUT2D eigenvalue weighted by molar-refractivity contribution is 4.91. The monoisotopic (exact) mass is 157 g/mol. The maximum atomic E-state index is 5.29. The van der Waals surface area contributed by atoms with Gasteiger partial charge in [-0.2, -0.15) is 0 Å². The molecule has 1 aliphatic rings. The van der Waals surface area contributed by atoms with Crippen molar-refractivity contribution < 1.29 is 4.74 Å². The second kappa shape index (κ2) is 3.11. The minimum atomic E-state index is -0.0116. The third kappa shape index (κ3) is 2.80. The zero-order valence-electron chi connectivity index (χ0n) is 7.98. The van der Waals surface area contributed by atoms with Crippen LogP contribution in [0.15, 0.2) is 0 Å². The molecule has 66 valence electrons. The first-order valence-corrected chi connectivity index (χ1v) is 4.34. The predicted molar refractivity (Wildman–Crippen MR) is 46.7 cm³/mol. The minimum Gasteiger partial charge on any atom is -0.377 e. The molecule has 0 aromatic rings. The lowest BCUT2D eigenvalue weighted by molar-refractivity contribution is 0.0228. The van der Waals surface area contributed by atoms with Gasteiger partial charge in [0.15, 0.2) is 0 Å². The molecule has 2 nitrogen and oxygen atoms in total. The van der Waals surface area contributed by atoms with Crippen molar-refractivity contribution in [3.8, 4) is 0 Å². The highest BCUT2D eigenvalue weighted by Crippen LogP contribution is 2.29. The molecule has 0 aromatic heterocycles. The quantitative estimate of drug-likeness (QED) is 0.666. The normalized spacial score (nSPS) is 30.5. The van der Waals surface area contributed by atoms with Crippen LogP contribution in [0.3, 0.4) is 0 Å². The van der Waals surface area contributed by atoms with Crippen LogP contribution in [-0.4, -0.2) is 25.3 Å². The van der Waals surface area contributed by atoms with Gasteiger partial charge in [0.2, 0.25) is 0 Å². The molecule has 1 rings (SSSR count). The Morgan fingerprint density at radius 2 is 2.09 bits per heavy atom. The predicted octanol–water partition coefficient (Wildman–Crippen LogP) is 1.41. The van der Waals surface area contributed by atoms with E-state index in [9.17, 15) is 0 Å². The SMILES string of the molecule is COC(C)(C)CNC1CC1C. The molecule has 1 N–H and O–H groups in total. The number of ether oxygens (including phenoxy) is 1. The standard InChI is InChI=1S/C9H19NO/c1-7-5-8(7)10-6-9(2,3)11-4/h7-8,10H,5-6H2,1-4H3. The zero-order chi connectivity index (χ0) is 8.48. The average Bonchev–Trinajstić information content (AvgIpc) is 2.63. The van der Waals surface area contributed by atoms with Crippen LogP contribution in [0.5, 0.6) is 0 Å². The molecule has 11 heavy (non-hydrogen) atoms. The molecule has 0 aliphatic heterocycles. The first-order valence-electron chi connectivity index (χ1n) is 4.34. The van der Waals surface area contributed by atoms with Crippen molar-refractivity contribution in [2.75, 3.05) is 13.7 Å². The van der Waals surface area contributed by atoms with Gasteiger partial charge in [0.1, 0.15) is 0 Å². The molecule has 1 saturated carbocycles. The molecule has 0 heterocycles. The van der Waals surface area contributed by atoms with E-state index in [0.29, 0.717) is 0 Å². The lowest BCUT2D eigenvalue weighted by Crippen LogP contribution is -2.38. The Morgan fingerprint density at radius 1 is 1.55 bits per heavy atom. The van der Waals surface area contributed by atoms with Gasteiger partial charge < -0.3 is 10.1 Å². The van der Waals surface area contributed by atoms with Crippen LogP contribution in [0, 0.1) is 5.92 Å². The van der Waals surface area contributed by atoms with Crippen LogP contribution in [0.4, 0.5) is 0 Å². The second-order valence-corrected chi connectivity index (χ2v) is 4.16. The van der Waals surface area contributed by atoms with Crippen LogP contribution in [-0.2, 0) is 4.74 Å². The van der Waals surface area contributed by atoms with Gasteiger partial charge in [0.05, 0.1) is 5.60 Å². The molecule has 0 amide bonds. The summed E-state index contributed by atoms with van der Waals surface area (Å²) in [5.74, 6) is 0.877. The molecule has 2 atom stereocenters. The second-order valence-electron chi connectivity index (χ2n) is 4.16. The maximum Gasteiger partial charge on any atom is 0.0746 e. The van der Waals surface area contributed by atoms with Crippen molar-refractivity contribution in [1.82, 2.24) is 5.32 Å². The first-order chi connectivity index (χ1) is 5.05. The Morgan fingerprint density at radius 3 is 2.45 bits per heavy atom. The summed E-state index contributed by atoms with van der Waals surface area (Å²) in [6.45, 7) is 7.44. The molecular weight excluding hydrogens is 138 g/mol. The molecule has 0 radical (unpaired) electrons. The lowest BCUT2D eigenvalue weighted by atomic mass is 10.1. The summed E-state index contributed by atoms with van der Waals surface area (Å²) < 4.78 is 5.29. The summed E-state index contributed by atoms with van der Waals surface area (Å²) in [6.07, 6.45) is 1.33. The number of hydrogen-bond donors (Lipinski definition) is 1. The number of rotatable bonds is 4. The van der Waals surface area contributed by atoms with Crippen molar-refractivity contribution in [3.63, 3.8) is 0 Å². The fraction of sp³-hybridized carbons (Fsp3) is 1.00. The molecule has 2 heteroatoms. The minimum absolute atomic E-state index is 0.0116. The summed E-state index contributed by atoms with van der Waals surface area (Å²) >= 11 is 0. The van der Waals surface area contributed by atoms with Crippen LogP contribution in [0.25, 0.3) is 0 Å². The van der Waals surface area contributed by atoms with Gasteiger partial charge in [-0.3, -0.25) is 0 Å². The van der Waals surface area contributed by atoms with Gasteiger partial charge >= 0.3 is 0 Å². The molecule has 0 aromatic carbocycles. The summed E-state index contributed by atoms with van der Waals surface area (Å²) in [5, 5.41) is 3.47. The lowest BCUT2D eigenvalue weighted by Gasteiger charge is -2.23. The Balaban J connectivity index is 2.11. The molecule has 1 aliphatic carbocycles. The molecule has 0 saturated heterocycles. The van der Waals surface area contributed by atoms with Crippen molar-refractivity contribution in [2.45, 2.75) is 38.8 Å². The van der Waals surface area contributed by atoms with Crippen LogP contribution >= 0.6 is 0 Å². The van der Waals surface area contributed by atoms with Crippen molar-refractivity contribution in [3.05, 3.63) is 0 Å².